The first-order chi connectivity index (χ1) is 60.1. The van der Waals surface area contributed by atoms with Gasteiger partial charge < -0.3 is 48.7 Å². The van der Waals surface area contributed by atoms with Crippen molar-refractivity contribution in [2.45, 2.75) is 147 Å². The molecule has 0 saturated carbocycles. The number of pyridine rings is 2. The number of nitriles is 2. The number of piperazine rings is 4. The van der Waals surface area contributed by atoms with Crippen molar-refractivity contribution in [1.82, 2.24) is 94.5 Å². The lowest BCUT2D eigenvalue weighted by atomic mass is 9.96. The molecule has 0 aliphatic carbocycles. The van der Waals surface area contributed by atoms with Gasteiger partial charge in [0.25, 0.3) is 11.8 Å². The number of piperidine rings is 4. The van der Waals surface area contributed by atoms with E-state index in [4.69, 9.17) is 26.1 Å². The van der Waals surface area contributed by atoms with Crippen LogP contribution >= 0.6 is 11.6 Å². The molecule has 125 heavy (non-hydrogen) atoms. The third kappa shape index (κ3) is 22.7. The fourth-order valence-electron chi connectivity index (χ4n) is 18.4. The van der Waals surface area contributed by atoms with Crippen LogP contribution in [0, 0.1) is 34.3 Å². The molecule has 7 aromatic rings. The molecule has 0 spiro atoms. The average molecular weight is 1740 g/mol. The SMILES string of the molecule is CC(C)(C)OC(=O)N1Cc2nc(-c3c(F)cccc3C#N)cc(Cl)c2C1=O.CN1CCN(C2CCCN(c3ccn[nH]3)C2)CC1.CN1CCN([C@@H]2CCCN(c3ccn[nH]3)C2)CC1.CN1CCN([C@H]2CCCN(C3=NC(c4cc(-c5c(F)cccc5C#N)nc5c4C(=O)N(C(=O)OC(C)(C)C)C5)C=C3)C2)CC1.CN1CCN([C@H]2CCCN(c3ccn[nH]3)C2)CC1. The van der Waals surface area contributed by atoms with Crippen molar-refractivity contribution in [3.63, 3.8) is 0 Å². The average Bonchev–Trinajstić information content (AvgIpc) is 1.61. The lowest BCUT2D eigenvalue weighted by Crippen LogP contribution is -2.54. The topological polar surface area (TPSA) is 304 Å². The van der Waals surface area contributed by atoms with Gasteiger partial charge in [-0.3, -0.25) is 49.5 Å². The van der Waals surface area contributed by atoms with Gasteiger partial charge in [0, 0.05) is 199 Å². The number of nitrogens with zero attached hydrogens (tertiary/aromatic N) is 22. The molecule has 5 atom stereocenters. The molecule has 668 valence electrons. The van der Waals surface area contributed by atoms with Crippen molar-refractivity contribution in [3.05, 3.63) is 153 Å². The summed E-state index contributed by atoms with van der Waals surface area (Å²) in [5.41, 5.74) is 0.438. The molecule has 11 aliphatic rings. The molecule has 34 heteroatoms. The van der Waals surface area contributed by atoms with Crippen molar-refractivity contribution < 1.29 is 37.4 Å². The van der Waals surface area contributed by atoms with Crippen molar-refractivity contribution in [2.75, 3.05) is 200 Å². The summed E-state index contributed by atoms with van der Waals surface area (Å²) in [5, 5.41) is 40.4. The van der Waals surface area contributed by atoms with E-state index in [9.17, 15) is 34.1 Å². The minimum atomic E-state index is -0.813. The number of nitrogens with one attached hydrogen (secondary N) is 3. The summed E-state index contributed by atoms with van der Waals surface area (Å²) in [6, 6.07) is 23.6. The van der Waals surface area contributed by atoms with Gasteiger partial charge in [-0.2, -0.15) is 25.8 Å². The maximum absolute atomic E-state index is 15.2. The number of ether oxygens (including phenoxy) is 2. The summed E-state index contributed by atoms with van der Waals surface area (Å²) >= 11 is 6.23. The van der Waals surface area contributed by atoms with Crippen molar-refractivity contribution >= 4 is 58.9 Å². The maximum Gasteiger partial charge on any atom is 0.417 e. The third-order valence-electron chi connectivity index (χ3n) is 25.3. The quantitative estimate of drug-likeness (QED) is 0.115. The number of aliphatic imine (C=N–C) groups is 1. The smallest absolute Gasteiger partial charge is 0.417 e. The van der Waals surface area contributed by atoms with Gasteiger partial charge in [-0.15, -0.1) is 0 Å². The first kappa shape index (κ1) is 90.9. The molecule has 2 aromatic carbocycles. The highest BCUT2D eigenvalue weighted by atomic mass is 35.5. The van der Waals surface area contributed by atoms with E-state index in [1.54, 1.807) is 47.6 Å². The predicted octanol–water partition coefficient (Wildman–Crippen LogP) is 10.6. The van der Waals surface area contributed by atoms with Gasteiger partial charge in [0.05, 0.1) is 111 Å². The summed E-state index contributed by atoms with van der Waals surface area (Å²) in [7, 11) is 8.81. The fourth-order valence-corrected chi connectivity index (χ4v) is 18.7. The third-order valence-corrected chi connectivity index (χ3v) is 25.6. The second-order valence-corrected chi connectivity index (χ2v) is 36.9. The van der Waals surface area contributed by atoms with Crippen LogP contribution in [0.15, 0.2) is 102 Å². The second kappa shape index (κ2) is 41.0. The van der Waals surface area contributed by atoms with Crippen LogP contribution in [0.1, 0.15) is 148 Å². The highest BCUT2D eigenvalue weighted by molar-refractivity contribution is 6.35. The summed E-state index contributed by atoms with van der Waals surface area (Å²) in [4.78, 5) is 97.3. The Morgan fingerprint density at radius 1 is 0.464 bits per heavy atom. The van der Waals surface area contributed by atoms with Crippen LogP contribution < -0.4 is 14.7 Å². The van der Waals surface area contributed by atoms with Crippen LogP contribution in [-0.4, -0.2) is 345 Å². The van der Waals surface area contributed by atoms with Gasteiger partial charge in [0.1, 0.15) is 46.1 Å². The molecular weight excluding hydrogens is 1610 g/mol. The number of carbonyl (C=O) groups is 4. The minimum Gasteiger partial charge on any atom is -0.443 e. The van der Waals surface area contributed by atoms with Gasteiger partial charge in [-0.25, -0.2) is 38.1 Å². The molecule has 2 unspecified atom stereocenters. The molecule has 31 nitrogen and oxygen atoms in total. The van der Waals surface area contributed by atoms with E-state index in [-0.39, 0.29) is 68.6 Å². The Labute approximate surface area is 737 Å². The maximum atomic E-state index is 15.2. The Hall–Kier alpha value is -10.3. The lowest BCUT2D eigenvalue weighted by Gasteiger charge is -2.43. The van der Waals surface area contributed by atoms with Gasteiger partial charge in [-0.05, 0) is 169 Å². The largest absolute Gasteiger partial charge is 0.443 e. The number of amides is 4. The summed E-state index contributed by atoms with van der Waals surface area (Å²) in [5.74, 6) is 1.99. The van der Waals surface area contributed by atoms with E-state index < -0.39 is 52.9 Å². The number of hydrogen-bond donors (Lipinski definition) is 3. The molecule has 3 N–H and O–H groups in total. The fraction of sp³-hybridized carbons (Fsp3) is 0.560. The summed E-state index contributed by atoms with van der Waals surface area (Å²) in [6.45, 7) is 37.5. The van der Waals surface area contributed by atoms with Crippen LogP contribution in [-0.2, 0) is 22.6 Å². The molecule has 8 saturated heterocycles. The van der Waals surface area contributed by atoms with Crippen LogP contribution in [0.3, 0.4) is 0 Å². The number of imide groups is 2. The van der Waals surface area contributed by atoms with Crippen LogP contribution in [0.5, 0.6) is 0 Å². The monoisotopic (exact) mass is 1730 g/mol. The van der Waals surface area contributed by atoms with Gasteiger partial charge in [0.2, 0.25) is 0 Å². The lowest BCUT2D eigenvalue weighted by molar-refractivity contribution is 0.0230. The number of amidine groups is 1. The zero-order valence-electron chi connectivity index (χ0n) is 74.1. The Morgan fingerprint density at radius 3 is 1.16 bits per heavy atom. The Balaban J connectivity index is 0.000000134. The van der Waals surface area contributed by atoms with Crippen molar-refractivity contribution in [1.29, 1.82) is 10.5 Å². The second-order valence-electron chi connectivity index (χ2n) is 36.5. The van der Waals surface area contributed by atoms with E-state index in [1.807, 2.05) is 36.8 Å². The van der Waals surface area contributed by atoms with Gasteiger partial charge in [0.15, 0.2) is 0 Å². The number of fused-ring (bicyclic) bond motifs is 2. The molecular formula is C91H122ClF2N25O6. The number of anilines is 3. The van der Waals surface area contributed by atoms with Crippen LogP contribution in [0.4, 0.5) is 35.8 Å². The molecule has 0 radical (unpaired) electrons. The normalized spacial score (nSPS) is 22.8. The molecule has 8 fully saturated rings. The number of hydrogen-bond acceptors (Lipinski definition) is 26. The number of aromatic amines is 3. The minimum absolute atomic E-state index is 0.00660. The van der Waals surface area contributed by atoms with E-state index >= 15 is 4.39 Å². The first-order valence-electron chi connectivity index (χ1n) is 44.3. The summed E-state index contributed by atoms with van der Waals surface area (Å²) < 4.78 is 40.2. The number of benzene rings is 2. The van der Waals surface area contributed by atoms with E-state index in [1.165, 1.54) is 177 Å². The number of halogens is 3. The number of likely N-dealkylation sites (tertiary alicyclic amines) is 1. The molecule has 18 rings (SSSR count). The molecule has 4 amide bonds. The predicted molar refractivity (Wildman–Crippen MR) is 478 cm³/mol. The number of rotatable bonds is 10. The molecule has 11 aliphatic heterocycles. The van der Waals surface area contributed by atoms with Gasteiger partial charge >= 0.3 is 12.2 Å². The van der Waals surface area contributed by atoms with Crippen LogP contribution in [0.25, 0.3) is 22.5 Å². The number of carbonyl (C=O) groups excluding carboxylic acids is 4. The highest BCUT2D eigenvalue weighted by Crippen LogP contribution is 2.40. The zero-order chi connectivity index (χ0) is 88.2. The van der Waals surface area contributed by atoms with Gasteiger partial charge in [-0.1, -0.05) is 29.8 Å². The number of H-pyrrole nitrogens is 3. The molecule has 0 bridgehead atoms. The molecule has 5 aromatic heterocycles. The molecule has 16 heterocycles. The Morgan fingerprint density at radius 2 is 0.808 bits per heavy atom. The summed E-state index contributed by atoms with van der Waals surface area (Å²) in [6.07, 6.45) is 18.0. The zero-order valence-corrected chi connectivity index (χ0v) is 74.8. The highest BCUT2D eigenvalue weighted by Gasteiger charge is 2.43. The van der Waals surface area contributed by atoms with E-state index in [0.29, 0.717) is 17.3 Å². The standard InChI is InChI=1S/C33H38FN7O3.C19H15ClFN3O3.3C13H23N5/c1-33(2,3)44-32(43)41-20-27-30(31(41)42)23(17-26(36-27)29-21(18-35)7-5-9-24(29)34)25-10-11-28(37-25)40-12-6-8-22(19-40)39-15-13-38(4)14-16-39;1-19(2,3)27-18(26)24-9-14-16(17(24)25)11(20)7-13(23-14)15-10(8-22)5-4-6-12(15)21;3*1-16-7-9-17(10-8-16)12-3-2-6-18(11-12)13-4-5-14-15-13/h5,7,9-11,17,22,25H,6,8,12-16,19-20H2,1-4H3;4-7H,9H2,1-3H3;3*4-5,12H,2-3,6-11H2,1H3,(H,14,15)/t22-,25?;;2*12-;/m0.10./s1. The van der Waals surface area contributed by atoms with Crippen molar-refractivity contribution in [3.8, 4) is 34.7 Å². The number of likely N-dealkylation sites (N-methyl/N-ethyl adjacent to an activating group) is 4. The Kier molecular flexibility index (Phi) is 29.8. The van der Waals surface area contributed by atoms with Crippen molar-refractivity contribution in [2.24, 2.45) is 4.99 Å². The van der Waals surface area contributed by atoms with E-state index in [0.717, 1.165) is 125 Å². The first-order valence-corrected chi connectivity index (χ1v) is 44.7. The number of aromatic nitrogens is 8. The van der Waals surface area contributed by atoms with E-state index in [2.05, 4.69) is 152 Å². The Bertz CT molecular complexity index is 4810. The van der Waals surface area contributed by atoms with Crippen LogP contribution in [0.2, 0.25) is 5.02 Å².